The summed E-state index contributed by atoms with van der Waals surface area (Å²) in [7, 11) is -2.27. The minimum Gasteiger partial charge on any atom is -0.497 e. The minimum atomic E-state index is -3.75. The third-order valence-electron chi connectivity index (χ3n) is 3.58. The Hall–Kier alpha value is -1.58. The van der Waals surface area contributed by atoms with Gasteiger partial charge < -0.3 is 14.7 Å². The summed E-state index contributed by atoms with van der Waals surface area (Å²) >= 11 is 4.37. The number of halogens is 1. The van der Waals surface area contributed by atoms with E-state index in [4.69, 9.17) is 4.74 Å². The van der Waals surface area contributed by atoms with Gasteiger partial charge in [0.25, 0.3) is 0 Å². The number of nitrogens with zero attached hydrogens (tertiary/aromatic N) is 1. The van der Waals surface area contributed by atoms with Crippen LogP contribution >= 0.6 is 27.3 Å². The Balaban J connectivity index is 2.35. The number of hydrogen-bond donors (Lipinski definition) is 1. The lowest BCUT2D eigenvalue weighted by Gasteiger charge is -2.27. The smallest absolute Gasteiger partial charge is 0.407 e. The number of benzene rings is 1. The molecule has 1 aromatic heterocycles. The molecule has 0 spiro atoms. The molecular formula is C18H22BrNO5S2. The molecule has 0 bridgehead atoms. The van der Waals surface area contributed by atoms with Crippen molar-refractivity contribution in [1.82, 2.24) is 4.90 Å². The SMILES string of the molecule is COc1cccc(S(=O)(=O)c2sc(CN(CC(C)(C)C)C(=O)O)cc2Br)c1. The van der Waals surface area contributed by atoms with E-state index in [0.29, 0.717) is 21.6 Å². The van der Waals surface area contributed by atoms with E-state index < -0.39 is 15.9 Å². The predicted octanol–water partition coefficient (Wildman–Crippen LogP) is 4.88. The molecule has 148 valence electrons. The van der Waals surface area contributed by atoms with Gasteiger partial charge in [0.1, 0.15) is 9.96 Å². The van der Waals surface area contributed by atoms with E-state index in [1.165, 1.54) is 24.1 Å². The summed E-state index contributed by atoms with van der Waals surface area (Å²) in [6.45, 7) is 6.32. The Morgan fingerprint density at radius 1 is 1.30 bits per heavy atom. The van der Waals surface area contributed by atoms with Crippen molar-refractivity contribution in [2.75, 3.05) is 13.7 Å². The zero-order chi connectivity index (χ0) is 20.4. The molecule has 2 rings (SSSR count). The van der Waals surface area contributed by atoms with Crippen molar-refractivity contribution in [1.29, 1.82) is 0 Å². The molecule has 0 aliphatic carbocycles. The second-order valence-corrected chi connectivity index (χ2v) is 11.4. The van der Waals surface area contributed by atoms with E-state index in [-0.39, 0.29) is 21.1 Å². The highest BCUT2D eigenvalue weighted by molar-refractivity contribution is 9.10. The quantitative estimate of drug-likeness (QED) is 0.643. The van der Waals surface area contributed by atoms with Crippen molar-refractivity contribution in [2.24, 2.45) is 5.41 Å². The molecule has 0 unspecified atom stereocenters. The molecule has 27 heavy (non-hydrogen) atoms. The number of methoxy groups -OCH3 is 1. The molecule has 0 saturated heterocycles. The molecule has 1 aromatic carbocycles. The number of rotatable bonds is 6. The maximum absolute atomic E-state index is 13.0. The molecule has 1 amide bonds. The number of sulfone groups is 1. The molecular weight excluding hydrogens is 454 g/mol. The van der Waals surface area contributed by atoms with Crippen molar-refractivity contribution in [2.45, 2.75) is 36.4 Å². The van der Waals surface area contributed by atoms with Gasteiger partial charge in [0, 0.05) is 15.9 Å². The zero-order valence-corrected chi connectivity index (χ0v) is 18.7. The van der Waals surface area contributed by atoms with Gasteiger partial charge in [0.2, 0.25) is 9.84 Å². The van der Waals surface area contributed by atoms with Crippen LogP contribution in [0.2, 0.25) is 0 Å². The normalized spacial score (nSPS) is 12.0. The standard InChI is InChI=1S/C18H22BrNO5S2/c1-18(2,3)11-20(17(21)22)10-13-9-15(19)16(26-13)27(23,24)14-7-5-6-12(8-14)25-4/h5-9H,10-11H2,1-4H3,(H,21,22). The Morgan fingerprint density at radius 2 is 1.96 bits per heavy atom. The fraction of sp³-hybridized carbons (Fsp3) is 0.389. The minimum absolute atomic E-state index is 0.126. The average Bonchev–Trinajstić information content (AvgIpc) is 2.94. The Morgan fingerprint density at radius 3 is 2.52 bits per heavy atom. The summed E-state index contributed by atoms with van der Waals surface area (Å²) in [5, 5.41) is 9.46. The second kappa shape index (κ2) is 8.20. The van der Waals surface area contributed by atoms with Crippen LogP contribution in [0.1, 0.15) is 25.6 Å². The van der Waals surface area contributed by atoms with Crippen molar-refractivity contribution >= 4 is 43.2 Å². The van der Waals surface area contributed by atoms with Gasteiger partial charge >= 0.3 is 6.09 Å². The topological polar surface area (TPSA) is 83.9 Å². The third kappa shape index (κ3) is 5.46. The first kappa shape index (κ1) is 21.7. The Labute approximate surface area is 171 Å². The van der Waals surface area contributed by atoms with Crippen LogP contribution in [0, 0.1) is 5.41 Å². The Bertz CT molecular complexity index is 931. The van der Waals surface area contributed by atoms with Gasteiger partial charge in [-0.1, -0.05) is 26.8 Å². The van der Waals surface area contributed by atoms with Crippen LogP contribution in [0.25, 0.3) is 0 Å². The number of amides is 1. The van der Waals surface area contributed by atoms with Crippen LogP contribution in [-0.2, 0) is 16.4 Å². The van der Waals surface area contributed by atoms with Crippen LogP contribution < -0.4 is 4.74 Å². The van der Waals surface area contributed by atoms with Crippen LogP contribution in [-0.4, -0.2) is 38.2 Å². The van der Waals surface area contributed by atoms with Crippen LogP contribution in [0.4, 0.5) is 4.79 Å². The number of ether oxygens (including phenoxy) is 1. The molecule has 0 atom stereocenters. The van der Waals surface area contributed by atoms with Gasteiger partial charge in [0.15, 0.2) is 0 Å². The molecule has 0 aliphatic heterocycles. The summed E-state index contributed by atoms with van der Waals surface area (Å²) in [4.78, 5) is 13.6. The van der Waals surface area contributed by atoms with Gasteiger partial charge in [-0.15, -0.1) is 11.3 Å². The first-order valence-electron chi connectivity index (χ1n) is 8.09. The fourth-order valence-electron chi connectivity index (χ4n) is 2.49. The maximum atomic E-state index is 13.0. The van der Waals surface area contributed by atoms with Gasteiger partial charge in [-0.05, 0) is 45.6 Å². The molecule has 1 heterocycles. The monoisotopic (exact) mass is 475 g/mol. The highest BCUT2D eigenvalue weighted by Crippen LogP contribution is 2.37. The molecule has 0 saturated carbocycles. The molecule has 0 radical (unpaired) electrons. The van der Waals surface area contributed by atoms with E-state index in [0.717, 1.165) is 11.3 Å². The first-order valence-corrected chi connectivity index (χ1v) is 11.2. The summed E-state index contributed by atoms with van der Waals surface area (Å²) in [5.41, 5.74) is -0.206. The van der Waals surface area contributed by atoms with Crippen LogP contribution in [0.3, 0.4) is 0 Å². The summed E-state index contributed by atoms with van der Waals surface area (Å²) in [5.74, 6) is 0.450. The number of thiophene rings is 1. The lowest BCUT2D eigenvalue weighted by atomic mass is 9.96. The van der Waals surface area contributed by atoms with Crippen LogP contribution in [0.15, 0.2) is 43.9 Å². The van der Waals surface area contributed by atoms with Gasteiger partial charge in [-0.3, -0.25) is 0 Å². The highest BCUT2D eigenvalue weighted by Gasteiger charge is 2.26. The maximum Gasteiger partial charge on any atom is 0.407 e. The van der Waals surface area contributed by atoms with Crippen molar-refractivity contribution in [3.05, 3.63) is 39.7 Å². The van der Waals surface area contributed by atoms with Gasteiger partial charge in [0.05, 0.1) is 18.6 Å². The molecule has 9 heteroatoms. The molecule has 2 aromatic rings. The zero-order valence-electron chi connectivity index (χ0n) is 15.5. The fourth-order valence-corrected chi connectivity index (χ4v) is 6.69. The van der Waals surface area contributed by atoms with Crippen molar-refractivity contribution in [3.8, 4) is 5.75 Å². The second-order valence-electron chi connectivity index (χ2n) is 7.23. The summed E-state index contributed by atoms with van der Waals surface area (Å²) in [6.07, 6.45) is -1.04. The first-order chi connectivity index (χ1) is 12.4. The highest BCUT2D eigenvalue weighted by atomic mass is 79.9. The molecule has 6 nitrogen and oxygen atoms in total. The molecule has 0 fully saturated rings. The van der Waals surface area contributed by atoms with E-state index in [2.05, 4.69) is 15.9 Å². The van der Waals surface area contributed by atoms with Gasteiger partial charge in [-0.25, -0.2) is 13.2 Å². The number of hydrogen-bond acceptors (Lipinski definition) is 5. The van der Waals surface area contributed by atoms with E-state index in [1.807, 2.05) is 20.8 Å². The third-order valence-corrected chi connectivity index (χ3v) is 8.14. The van der Waals surface area contributed by atoms with E-state index in [9.17, 15) is 18.3 Å². The number of carbonyl (C=O) groups is 1. The van der Waals surface area contributed by atoms with E-state index in [1.54, 1.807) is 18.2 Å². The summed E-state index contributed by atoms with van der Waals surface area (Å²) < 4.78 is 31.6. The van der Waals surface area contributed by atoms with Crippen molar-refractivity contribution < 1.29 is 23.1 Å². The lowest BCUT2D eigenvalue weighted by Crippen LogP contribution is -2.36. The molecule has 0 aliphatic rings. The Kier molecular flexibility index (Phi) is 6.59. The largest absolute Gasteiger partial charge is 0.497 e. The summed E-state index contributed by atoms with van der Waals surface area (Å²) in [6, 6.07) is 7.92. The van der Waals surface area contributed by atoms with E-state index >= 15 is 0 Å². The number of carboxylic acid groups (broad SMARTS) is 1. The predicted molar refractivity (Wildman–Crippen MR) is 108 cm³/mol. The van der Waals surface area contributed by atoms with Crippen LogP contribution in [0.5, 0.6) is 5.75 Å². The van der Waals surface area contributed by atoms with Gasteiger partial charge in [-0.2, -0.15) is 0 Å². The average molecular weight is 476 g/mol. The van der Waals surface area contributed by atoms with Crippen molar-refractivity contribution in [3.63, 3.8) is 0 Å². The lowest BCUT2D eigenvalue weighted by molar-refractivity contribution is 0.123. The molecule has 1 N–H and O–H groups in total.